The highest BCUT2D eigenvalue weighted by Gasteiger charge is 2.14. The Morgan fingerprint density at radius 3 is 2.90 bits per heavy atom. The first-order valence-corrected chi connectivity index (χ1v) is 7.92. The fourth-order valence-corrected chi connectivity index (χ4v) is 3.36. The Morgan fingerprint density at radius 1 is 1.50 bits per heavy atom. The molecule has 0 fully saturated rings. The van der Waals surface area contributed by atoms with Crippen molar-refractivity contribution in [1.82, 2.24) is 4.98 Å². The van der Waals surface area contributed by atoms with Crippen molar-refractivity contribution >= 4 is 33.8 Å². The minimum atomic E-state index is -0.799. The van der Waals surface area contributed by atoms with E-state index in [0.717, 1.165) is 21.3 Å². The van der Waals surface area contributed by atoms with Gasteiger partial charge in [-0.05, 0) is 18.4 Å². The summed E-state index contributed by atoms with van der Waals surface area (Å²) in [4.78, 5) is 18.4. The maximum absolute atomic E-state index is 10.7. The number of thiazole rings is 1. The average Bonchev–Trinajstić information content (AvgIpc) is 3.03. The predicted octanol–water partition coefficient (Wildman–Crippen LogP) is 3.73. The quantitative estimate of drug-likeness (QED) is 0.792. The van der Waals surface area contributed by atoms with E-state index in [9.17, 15) is 4.79 Å². The molecular formula is C14H16N2O2S2. The Bertz CT molecular complexity index is 590. The first-order chi connectivity index (χ1) is 9.56. The number of carboxylic acids is 1. The molecule has 1 N–H and O–H groups in total. The zero-order valence-electron chi connectivity index (χ0n) is 11.2. The molecule has 0 aliphatic rings. The first-order valence-electron chi connectivity index (χ1n) is 6.17. The van der Waals surface area contributed by atoms with Crippen LogP contribution < -0.4 is 4.90 Å². The number of carbonyl (C=O) groups is 1. The van der Waals surface area contributed by atoms with Gasteiger partial charge in [-0.2, -0.15) is 0 Å². The van der Waals surface area contributed by atoms with Gasteiger partial charge in [0.1, 0.15) is 0 Å². The third kappa shape index (κ3) is 3.91. The van der Waals surface area contributed by atoms with Crippen LogP contribution in [0.5, 0.6) is 0 Å². The number of hydrogen-bond donors (Lipinski definition) is 1. The Hall–Kier alpha value is -1.66. The smallest absolute Gasteiger partial charge is 0.305 e. The van der Waals surface area contributed by atoms with Crippen LogP contribution in [-0.2, 0) is 4.79 Å². The lowest BCUT2D eigenvalue weighted by atomic mass is 10.3. The van der Waals surface area contributed by atoms with Gasteiger partial charge in [0.05, 0.1) is 17.0 Å². The molecule has 0 radical (unpaired) electrons. The molecule has 2 rings (SSSR count). The standard InChI is InChI=1S/C14H16N2O2S2/c1-10(2)8-16(6-5-13(17)18)14-15-11(9-20-14)12-4-3-7-19-12/h3-4,7,9H,1,5-6,8H2,2H3,(H,17,18). The molecule has 0 bridgehead atoms. The third-order valence-corrected chi connectivity index (χ3v) is 4.39. The van der Waals surface area contributed by atoms with Crippen LogP contribution in [0, 0.1) is 0 Å². The summed E-state index contributed by atoms with van der Waals surface area (Å²) in [5, 5.41) is 13.7. The van der Waals surface area contributed by atoms with Crippen molar-refractivity contribution in [3.05, 3.63) is 35.0 Å². The van der Waals surface area contributed by atoms with Crippen LogP contribution in [0.25, 0.3) is 10.6 Å². The lowest BCUT2D eigenvalue weighted by molar-refractivity contribution is -0.136. The third-order valence-electron chi connectivity index (χ3n) is 2.59. The summed E-state index contributed by atoms with van der Waals surface area (Å²) in [6.45, 7) is 6.90. The molecule has 0 amide bonds. The van der Waals surface area contributed by atoms with E-state index in [1.165, 1.54) is 11.3 Å². The van der Waals surface area contributed by atoms with E-state index in [-0.39, 0.29) is 6.42 Å². The number of aromatic nitrogens is 1. The zero-order valence-corrected chi connectivity index (χ0v) is 12.8. The summed E-state index contributed by atoms with van der Waals surface area (Å²) in [5.41, 5.74) is 1.94. The van der Waals surface area contributed by atoms with Gasteiger partial charge < -0.3 is 10.0 Å². The second-order valence-electron chi connectivity index (χ2n) is 4.52. The molecule has 20 heavy (non-hydrogen) atoms. The van der Waals surface area contributed by atoms with Crippen molar-refractivity contribution in [1.29, 1.82) is 0 Å². The summed E-state index contributed by atoms with van der Waals surface area (Å²) in [6.07, 6.45) is 0.0984. The van der Waals surface area contributed by atoms with E-state index in [2.05, 4.69) is 11.6 Å². The van der Waals surface area contributed by atoms with Gasteiger partial charge in [0.2, 0.25) is 0 Å². The lowest BCUT2D eigenvalue weighted by Gasteiger charge is -2.20. The van der Waals surface area contributed by atoms with Crippen molar-refractivity contribution in [2.24, 2.45) is 0 Å². The molecule has 0 atom stereocenters. The molecule has 2 aromatic rings. The van der Waals surface area contributed by atoms with Gasteiger partial charge in [-0.15, -0.1) is 22.7 Å². The molecule has 106 valence electrons. The Balaban J connectivity index is 2.15. The predicted molar refractivity (Wildman–Crippen MR) is 84.7 cm³/mol. The van der Waals surface area contributed by atoms with E-state index >= 15 is 0 Å². The maximum Gasteiger partial charge on any atom is 0.305 e. The molecule has 0 spiro atoms. The minimum absolute atomic E-state index is 0.0984. The molecule has 2 aromatic heterocycles. The largest absolute Gasteiger partial charge is 0.481 e. The molecule has 6 heteroatoms. The lowest BCUT2D eigenvalue weighted by Crippen LogP contribution is -2.27. The van der Waals surface area contributed by atoms with Crippen molar-refractivity contribution in [2.75, 3.05) is 18.0 Å². The molecule has 2 heterocycles. The molecule has 0 saturated carbocycles. The summed E-state index contributed by atoms with van der Waals surface area (Å²) in [7, 11) is 0. The van der Waals surface area contributed by atoms with Gasteiger partial charge in [-0.3, -0.25) is 4.79 Å². The van der Waals surface area contributed by atoms with Crippen LogP contribution in [0.15, 0.2) is 35.0 Å². The van der Waals surface area contributed by atoms with Gasteiger partial charge >= 0.3 is 5.97 Å². The summed E-state index contributed by atoms with van der Waals surface area (Å²) in [6, 6.07) is 4.03. The van der Waals surface area contributed by atoms with E-state index in [4.69, 9.17) is 5.11 Å². The molecule has 0 unspecified atom stereocenters. The highest BCUT2D eigenvalue weighted by Crippen LogP contribution is 2.30. The Kier molecular flexibility index (Phi) is 4.92. The fourth-order valence-electron chi connectivity index (χ4n) is 1.75. The first kappa shape index (κ1) is 14.7. The number of hydrogen-bond acceptors (Lipinski definition) is 5. The number of rotatable bonds is 7. The maximum atomic E-state index is 10.7. The second kappa shape index (κ2) is 6.67. The van der Waals surface area contributed by atoms with Crippen LogP contribution in [0.4, 0.5) is 5.13 Å². The van der Waals surface area contributed by atoms with Crippen molar-refractivity contribution in [3.63, 3.8) is 0 Å². The highest BCUT2D eigenvalue weighted by atomic mass is 32.1. The molecule has 0 aromatic carbocycles. The number of carboxylic acid groups (broad SMARTS) is 1. The summed E-state index contributed by atoms with van der Waals surface area (Å²) in [5.74, 6) is -0.799. The van der Waals surface area contributed by atoms with Crippen LogP contribution >= 0.6 is 22.7 Å². The number of anilines is 1. The Labute approximate surface area is 126 Å². The van der Waals surface area contributed by atoms with Crippen molar-refractivity contribution in [3.8, 4) is 10.6 Å². The van der Waals surface area contributed by atoms with Gasteiger partial charge in [-0.25, -0.2) is 4.98 Å². The monoisotopic (exact) mass is 308 g/mol. The highest BCUT2D eigenvalue weighted by molar-refractivity contribution is 7.16. The van der Waals surface area contributed by atoms with E-state index < -0.39 is 5.97 Å². The van der Waals surface area contributed by atoms with Gasteiger partial charge in [-0.1, -0.05) is 18.2 Å². The Morgan fingerprint density at radius 2 is 2.30 bits per heavy atom. The number of nitrogens with zero attached hydrogens (tertiary/aromatic N) is 2. The molecule has 0 saturated heterocycles. The van der Waals surface area contributed by atoms with Crippen molar-refractivity contribution in [2.45, 2.75) is 13.3 Å². The van der Waals surface area contributed by atoms with Crippen molar-refractivity contribution < 1.29 is 9.90 Å². The van der Waals surface area contributed by atoms with Gasteiger partial charge in [0.25, 0.3) is 0 Å². The van der Waals surface area contributed by atoms with E-state index in [0.29, 0.717) is 13.1 Å². The summed E-state index contributed by atoms with van der Waals surface area (Å²) >= 11 is 3.18. The van der Waals surface area contributed by atoms with Crippen LogP contribution in [0.1, 0.15) is 13.3 Å². The fraction of sp³-hybridized carbons (Fsp3) is 0.286. The molecule has 4 nitrogen and oxygen atoms in total. The van der Waals surface area contributed by atoms with Gasteiger partial charge in [0.15, 0.2) is 5.13 Å². The number of aliphatic carboxylic acids is 1. The minimum Gasteiger partial charge on any atom is -0.481 e. The SMILES string of the molecule is C=C(C)CN(CCC(=O)O)c1nc(-c2cccs2)cs1. The zero-order chi connectivity index (χ0) is 14.5. The van der Waals surface area contributed by atoms with E-state index in [1.54, 1.807) is 11.3 Å². The van der Waals surface area contributed by atoms with Crippen LogP contribution in [0.2, 0.25) is 0 Å². The van der Waals surface area contributed by atoms with Crippen LogP contribution in [0.3, 0.4) is 0 Å². The topological polar surface area (TPSA) is 53.4 Å². The molecule has 0 aliphatic carbocycles. The van der Waals surface area contributed by atoms with E-state index in [1.807, 2.05) is 34.7 Å². The van der Waals surface area contributed by atoms with Gasteiger partial charge in [0, 0.05) is 18.5 Å². The molecule has 0 aliphatic heterocycles. The average molecular weight is 308 g/mol. The normalized spacial score (nSPS) is 10.4. The second-order valence-corrected chi connectivity index (χ2v) is 6.30. The molecular weight excluding hydrogens is 292 g/mol. The number of thiophene rings is 1. The van der Waals surface area contributed by atoms with Crippen LogP contribution in [-0.4, -0.2) is 29.1 Å². The summed E-state index contributed by atoms with van der Waals surface area (Å²) < 4.78 is 0.